The molecule has 2 aromatic carbocycles. The van der Waals surface area contributed by atoms with Crippen LogP contribution >= 0.6 is 23.4 Å². The predicted molar refractivity (Wildman–Crippen MR) is 140 cm³/mol. The molecular weight excluding hydrogens is 487 g/mol. The molecule has 0 radical (unpaired) electrons. The lowest BCUT2D eigenvalue weighted by Gasteiger charge is -2.19. The highest BCUT2D eigenvalue weighted by atomic mass is 35.5. The van der Waals surface area contributed by atoms with Crippen molar-refractivity contribution in [3.8, 4) is 5.75 Å². The average Bonchev–Trinajstić information content (AvgIpc) is 3.18. The van der Waals surface area contributed by atoms with Crippen LogP contribution < -0.4 is 10.1 Å². The second-order valence-electron chi connectivity index (χ2n) is 9.21. The summed E-state index contributed by atoms with van der Waals surface area (Å²) < 4.78 is 21.6. The molecule has 0 saturated carbocycles. The maximum atomic E-state index is 13.4. The van der Waals surface area contributed by atoms with Crippen LogP contribution in [0.15, 0.2) is 47.6 Å². The zero-order valence-electron chi connectivity index (χ0n) is 20.9. The minimum absolute atomic E-state index is 0.0442. The molecule has 3 rings (SSSR count). The second-order valence-corrected chi connectivity index (χ2v) is 10.9. The van der Waals surface area contributed by atoms with Gasteiger partial charge in [-0.05, 0) is 61.6 Å². The number of nitrogens with one attached hydrogen (secondary N) is 1. The van der Waals surface area contributed by atoms with Gasteiger partial charge in [0.05, 0.1) is 10.3 Å². The molecule has 0 fully saturated rings. The molecule has 0 aliphatic rings. The number of hydrogen-bond donors (Lipinski definition) is 1. The number of rotatable bonds is 10. The van der Waals surface area contributed by atoms with Gasteiger partial charge in [-0.2, -0.15) is 0 Å². The van der Waals surface area contributed by atoms with Gasteiger partial charge >= 0.3 is 0 Å². The highest BCUT2D eigenvalue weighted by Crippen LogP contribution is 2.29. The van der Waals surface area contributed by atoms with Crippen molar-refractivity contribution < 1.29 is 13.9 Å². The van der Waals surface area contributed by atoms with Gasteiger partial charge in [-0.3, -0.25) is 4.79 Å². The number of thioether (sulfide) groups is 1. The lowest BCUT2D eigenvalue weighted by atomic mass is 10.0. The molecule has 2 unspecified atom stereocenters. The van der Waals surface area contributed by atoms with Crippen LogP contribution in [0, 0.1) is 11.7 Å². The summed E-state index contributed by atoms with van der Waals surface area (Å²) in [5.74, 6) is 1.48. The van der Waals surface area contributed by atoms with Crippen molar-refractivity contribution in [2.75, 3.05) is 5.32 Å². The molecule has 35 heavy (non-hydrogen) atoms. The lowest BCUT2D eigenvalue weighted by molar-refractivity contribution is -0.115. The number of amides is 1. The smallest absolute Gasteiger partial charge is 0.237 e. The van der Waals surface area contributed by atoms with E-state index in [0.717, 1.165) is 5.75 Å². The van der Waals surface area contributed by atoms with Gasteiger partial charge < -0.3 is 14.6 Å². The molecular formula is C26H32ClFN4O2S. The van der Waals surface area contributed by atoms with Crippen molar-refractivity contribution >= 4 is 35.0 Å². The first-order valence-corrected chi connectivity index (χ1v) is 12.9. The van der Waals surface area contributed by atoms with Gasteiger partial charge in [0.15, 0.2) is 17.1 Å². The number of halogens is 2. The van der Waals surface area contributed by atoms with E-state index in [4.69, 9.17) is 16.3 Å². The van der Waals surface area contributed by atoms with E-state index in [1.807, 2.05) is 23.6 Å². The molecule has 0 aliphatic heterocycles. The fourth-order valence-electron chi connectivity index (χ4n) is 3.44. The third-order valence-electron chi connectivity index (χ3n) is 5.35. The predicted octanol–water partition coefficient (Wildman–Crippen LogP) is 7.11. The van der Waals surface area contributed by atoms with Crippen LogP contribution in [0.2, 0.25) is 5.02 Å². The molecule has 3 aromatic rings. The van der Waals surface area contributed by atoms with E-state index in [2.05, 4.69) is 55.3 Å². The molecule has 0 aliphatic carbocycles. The third kappa shape index (κ3) is 7.21. The largest absolute Gasteiger partial charge is 0.483 e. The first-order chi connectivity index (χ1) is 16.5. The number of carbonyl (C=O) groups is 1. The summed E-state index contributed by atoms with van der Waals surface area (Å²) in [5, 5.41) is 11.7. The van der Waals surface area contributed by atoms with Crippen molar-refractivity contribution in [2.24, 2.45) is 5.92 Å². The molecule has 1 N–H and O–H groups in total. The third-order valence-corrected chi connectivity index (χ3v) is 6.73. The van der Waals surface area contributed by atoms with Gasteiger partial charge in [-0.15, -0.1) is 10.2 Å². The van der Waals surface area contributed by atoms with Crippen LogP contribution in [-0.4, -0.2) is 25.9 Å². The molecule has 1 heterocycles. The topological polar surface area (TPSA) is 69.0 Å². The number of nitrogens with zero attached hydrogens (tertiary/aromatic N) is 3. The summed E-state index contributed by atoms with van der Waals surface area (Å²) in [6.45, 7) is 13.0. The number of ether oxygens (including phenoxy) is 1. The summed E-state index contributed by atoms with van der Waals surface area (Å²) in [5.41, 5.74) is 1.69. The van der Waals surface area contributed by atoms with E-state index in [9.17, 15) is 9.18 Å². The number of benzene rings is 2. The van der Waals surface area contributed by atoms with Crippen LogP contribution in [0.1, 0.15) is 65.0 Å². The fraction of sp³-hybridized carbons (Fsp3) is 0.423. The summed E-state index contributed by atoms with van der Waals surface area (Å²) >= 11 is 7.13. The standard InChI is InChI=1S/C26H32ClFN4O2S/c1-15(2)14-32-24(17(5)34-21-10-7-19(8-11-21)16(3)4)30-31-26(32)35-18(6)25(33)29-20-9-12-23(28)22(27)13-20/h7-13,15-18H,14H2,1-6H3,(H,29,33). The van der Waals surface area contributed by atoms with Gasteiger partial charge in [-0.1, -0.05) is 63.2 Å². The van der Waals surface area contributed by atoms with Crippen molar-refractivity contribution in [3.05, 3.63) is 64.7 Å². The Morgan fingerprint density at radius 1 is 1.09 bits per heavy atom. The van der Waals surface area contributed by atoms with E-state index in [0.29, 0.717) is 35.0 Å². The molecule has 188 valence electrons. The summed E-state index contributed by atoms with van der Waals surface area (Å²) in [7, 11) is 0. The Labute approximate surface area is 215 Å². The minimum Gasteiger partial charge on any atom is -0.483 e. The molecule has 0 spiro atoms. The first-order valence-electron chi connectivity index (χ1n) is 11.7. The highest BCUT2D eigenvalue weighted by Gasteiger charge is 2.24. The maximum Gasteiger partial charge on any atom is 0.237 e. The average molecular weight is 519 g/mol. The van der Waals surface area contributed by atoms with Gasteiger partial charge in [0.2, 0.25) is 5.91 Å². The number of anilines is 1. The van der Waals surface area contributed by atoms with E-state index in [1.54, 1.807) is 6.92 Å². The molecule has 6 nitrogen and oxygen atoms in total. The monoisotopic (exact) mass is 518 g/mol. The van der Waals surface area contributed by atoms with Crippen LogP contribution in [0.4, 0.5) is 10.1 Å². The highest BCUT2D eigenvalue weighted by molar-refractivity contribution is 8.00. The fourth-order valence-corrected chi connectivity index (χ4v) is 4.49. The van der Waals surface area contributed by atoms with Crippen LogP contribution in [-0.2, 0) is 11.3 Å². The Bertz CT molecular complexity index is 1150. The van der Waals surface area contributed by atoms with Crippen LogP contribution in [0.5, 0.6) is 5.75 Å². The van der Waals surface area contributed by atoms with Crippen LogP contribution in [0.3, 0.4) is 0 Å². The maximum absolute atomic E-state index is 13.4. The Kier molecular flexibility index (Phi) is 9.19. The summed E-state index contributed by atoms with van der Waals surface area (Å²) in [6.07, 6.45) is -0.328. The Morgan fingerprint density at radius 3 is 2.37 bits per heavy atom. The van der Waals surface area contributed by atoms with Gasteiger partial charge in [-0.25, -0.2) is 4.39 Å². The molecule has 0 saturated heterocycles. The quantitative estimate of drug-likeness (QED) is 0.290. The van der Waals surface area contributed by atoms with Gasteiger partial charge in [0, 0.05) is 12.2 Å². The van der Waals surface area contributed by atoms with E-state index in [-0.39, 0.29) is 17.0 Å². The summed E-state index contributed by atoms with van der Waals surface area (Å²) in [4.78, 5) is 12.8. The van der Waals surface area contributed by atoms with Gasteiger partial charge in [0.25, 0.3) is 0 Å². The van der Waals surface area contributed by atoms with E-state index >= 15 is 0 Å². The Hall–Kier alpha value is -2.58. The molecule has 2 atom stereocenters. The van der Waals surface area contributed by atoms with E-state index < -0.39 is 11.1 Å². The van der Waals surface area contributed by atoms with Crippen molar-refractivity contribution in [3.63, 3.8) is 0 Å². The minimum atomic E-state index is -0.534. The zero-order valence-corrected chi connectivity index (χ0v) is 22.5. The van der Waals surface area contributed by atoms with Crippen molar-refractivity contribution in [1.29, 1.82) is 0 Å². The van der Waals surface area contributed by atoms with E-state index in [1.165, 1.54) is 35.5 Å². The van der Waals surface area contributed by atoms with Crippen molar-refractivity contribution in [1.82, 2.24) is 14.8 Å². The SMILES string of the molecule is CC(C)Cn1c(SC(C)C(=O)Nc2ccc(F)c(Cl)c2)nnc1C(C)Oc1ccc(C(C)C)cc1. The Morgan fingerprint density at radius 2 is 1.77 bits per heavy atom. The number of hydrogen-bond acceptors (Lipinski definition) is 5. The second kappa shape index (κ2) is 11.9. The number of aromatic nitrogens is 3. The lowest BCUT2D eigenvalue weighted by Crippen LogP contribution is -2.23. The normalized spacial score (nSPS) is 13.2. The zero-order chi connectivity index (χ0) is 25.7. The molecule has 9 heteroatoms. The number of carbonyl (C=O) groups excluding carboxylic acids is 1. The van der Waals surface area contributed by atoms with Crippen LogP contribution in [0.25, 0.3) is 0 Å². The van der Waals surface area contributed by atoms with Gasteiger partial charge in [0.1, 0.15) is 11.6 Å². The molecule has 0 bridgehead atoms. The molecule has 1 aromatic heterocycles. The first kappa shape index (κ1) is 27.0. The Balaban J connectivity index is 1.74. The summed E-state index contributed by atoms with van der Waals surface area (Å²) in [6, 6.07) is 12.2. The molecule has 1 amide bonds. The van der Waals surface area contributed by atoms with Crippen molar-refractivity contribution in [2.45, 2.75) is 70.5 Å².